The van der Waals surface area contributed by atoms with Crippen LogP contribution in [0.5, 0.6) is 0 Å². The molecule has 9 atom stereocenters. The molecular formula is C29H32F3NO4S. The summed E-state index contributed by atoms with van der Waals surface area (Å²) in [6, 6.07) is 6.71. The largest absolute Gasteiger partial charge is 0.390 e. The highest BCUT2D eigenvalue weighted by Crippen LogP contribution is 2.73. The van der Waals surface area contributed by atoms with Crippen LogP contribution in [0.15, 0.2) is 48.1 Å². The van der Waals surface area contributed by atoms with Crippen LogP contribution in [0, 0.1) is 35.5 Å². The van der Waals surface area contributed by atoms with Crippen LogP contribution in [0.3, 0.4) is 0 Å². The van der Waals surface area contributed by atoms with E-state index >= 15 is 8.78 Å². The molecule has 4 aliphatic carbocycles. The third-order valence-electron chi connectivity index (χ3n) is 10.4. The van der Waals surface area contributed by atoms with Crippen LogP contribution in [0.4, 0.5) is 18.9 Å². The smallest absolute Gasteiger partial charge is 0.226 e. The van der Waals surface area contributed by atoms with E-state index in [4.69, 9.17) is 4.84 Å². The average molecular weight is 548 g/mol. The summed E-state index contributed by atoms with van der Waals surface area (Å²) in [5.74, 6) is -2.21. The van der Waals surface area contributed by atoms with E-state index < -0.39 is 69.0 Å². The summed E-state index contributed by atoms with van der Waals surface area (Å²) in [5.41, 5.74) is -4.43. The van der Waals surface area contributed by atoms with Crippen molar-refractivity contribution in [2.45, 2.75) is 63.6 Å². The van der Waals surface area contributed by atoms with Gasteiger partial charge in [-0.1, -0.05) is 42.5 Å². The van der Waals surface area contributed by atoms with Gasteiger partial charge in [-0.25, -0.2) is 13.2 Å². The SMILES string of the molecule is Cc1ccc(N2C[C@@H]3CC4[C@@H]5C[C@H](F)C6=CC(=O)C=C[C@]6(C)[C@@]5(F)[C@@H](O)CC4(C)[C@]3(C(=O)SCF)O2)cc1. The summed E-state index contributed by atoms with van der Waals surface area (Å²) < 4.78 is 46.7. The Balaban J connectivity index is 1.44. The Morgan fingerprint density at radius 2 is 1.92 bits per heavy atom. The van der Waals surface area contributed by atoms with E-state index in [1.54, 1.807) is 12.0 Å². The standard InChI is InChI=1S/C29H32F3NO4S/c1-16-4-6-18(7-5-16)33-14-17-10-20-21-12-23(31)22-11-19(34)8-9-26(22,2)28(21,32)24(35)13-27(20,3)29(17,37-33)25(36)38-15-30/h4-9,11,17,20-21,23-24,35H,10,12-15H2,1-3H3/t17-,20?,21-,23-,24-,26-,27?,28-,29-/m0/s1. The lowest BCUT2D eigenvalue weighted by atomic mass is 9.44. The molecule has 3 saturated carbocycles. The number of thioether (sulfide) groups is 1. The van der Waals surface area contributed by atoms with E-state index in [1.807, 2.05) is 38.1 Å². The molecule has 0 spiro atoms. The first kappa shape index (κ1) is 26.1. The number of carbonyl (C=O) groups excluding carboxylic acids is 2. The first-order valence-corrected chi connectivity index (χ1v) is 14.1. The highest BCUT2D eigenvalue weighted by molar-refractivity contribution is 8.13. The quantitative estimate of drug-likeness (QED) is 0.560. The van der Waals surface area contributed by atoms with Crippen molar-refractivity contribution in [2.75, 3.05) is 17.6 Å². The van der Waals surface area contributed by atoms with Crippen LogP contribution in [0.2, 0.25) is 0 Å². The second kappa shape index (κ2) is 8.45. The molecule has 0 amide bonds. The van der Waals surface area contributed by atoms with Gasteiger partial charge in [0.25, 0.3) is 0 Å². The van der Waals surface area contributed by atoms with E-state index in [0.29, 0.717) is 24.7 Å². The van der Waals surface area contributed by atoms with Crippen molar-refractivity contribution in [1.82, 2.24) is 0 Å². The highest BCUT2D eigenvalue weighted by Gasteiger charge is 2.79. The lowest BCUT2D eigenvalue weighted by molar-refractivity contribution is -0.225. The third-order valence-corrected chi connectivity index (χ3v) is 11.1. The molecule has 5 nitrogen and oxygen atoms in total. The van der Waals surface area contributed by atoms with Crippen molar-refractivity contribution in [3.63, 3.8) is 0 Å². The minimum atomic E-state index is -2.24. The van der Waals surface area contributed by atoms with Gasteiger partial charge in [0.15, 0.2) is 17.1 Å². The van der Waals surface area contributed by atoms with Crippen molar-refractivity contribution < 1.29 is 32.7 Å². The number of ketones is 1. The summed E-state index contributed by atoms with van der Waals surface area (Å²) in [6.45, 7) is 5.67. The summed E-state index contributed by atoms with van der Waals surface area (Å²) in [6.07, 6.45) is 0.769. The molecule has 0 bridgehead atoms. The number of carbonyl (C=O) groups is 2. The van der Waals surface area contributed by atoms with Crippen LogP contribution in [0.1, 0.15) is 38.7 Å². The lowest BCUT2D eigenvalue weighted by Gasteiger charge is -2.63. The summed E-state index contributed by atoms with van der Waals surface area (Å²) in [5, 5.41) is 12.8. The van der Waals surface area contributed by atoms with Crippen LogP contribution < -0.4 is 5.06 Å². The number of benzene rings is 1. The van der Waals surface area contributed by atoms with Gasteiger partial charge in [0.2, 0.25) is 5.12 Å². The maximum absolute atomic E-state index is 17.4. The number of allylic oxidation sites excluding steroid dienone is 4. The van der Waals surface area contributed by atoms with Gasteiger partial charge in [0, 0.05) is 22.7 Å². The van der Waals surface area contributed by atoms with Crippen molar-refractivity contribution >= 4 is 28.3 Å². The Kier molecular flexibility index (Phi) is 5.81. The van der Waals surface area contributed by atoms with E-state index in [-0.39, 0.29) is 18.4 Å². The number of alkyl halides is 3. The first-order valence-electron chi connectivity index (χ1n) is 13.1. The third kappa shape index (κ3) is 3.09. The average Bonchev–Trinajstić information content (AvgIpc) is 3.37. The van der Waals surface area contributed by atoms with Gasteiger partial charge < -0.3 is 5.11 Å². The minimum Gasteiger partial charge on any atom is -0.390 e. The molecule has 9 heteroatoms. The van der Waals surface area contributed by atoms with Crippen LogP contribution >= 0.6 is 11.8 Å². The molecule has 1 aliphatic heterocycles. The number of nitrogens with zero attached hydrogens (tertiary/aromatic N) is 1. The molecule has 5 aliphatic rings. The zero-order valence-electron chi connectivity index (χ0n) is 21.6. The summed E-state index contributed by atoms with van der Waals surface area (Å²) in [4.78, 5) is 32.3. The van der Waals surface area contributed by atoms with Crippen molar-refractivity contribution in [2.24, 2.45) is 28.6 Å². The highest BCUT2D eigenvalue weighted by atomic mass is 32.2. The summed E-state index contributed by atoms with van der Waals surface area (Å²) in [7, 11) is 0. The van der Waals surface area contributed by atoms with Gasteiger partial charge in [-0.15, -0.1) is 0 Å². The van der Waals surface area contributed by atoms with E-state index in [0.717, 1.165) is 17.3 Å². The zero-order chi connectivity index (χ0) is 27.3. The number of hydroxylamine groups is 1. The van der Waals surface area contributed by atoms with E-state index in [1.165, 1.54) is 12.2 Å². The van der Waals surface area contributed by atoms with Crippen LogP contribution in [0.25, 0.3) is 0 Å². The fourth-order valence-electron chi connectivity index (χ4n) is 8.61. The monoisotopic (exact) mass is 547 g/mol. The van der Waals surface area contributed by atoms with Gasteiger partial charge >= 0.3 is 0 Å². The number of rotatable bonds is 3. The molecule has 1 saturated heterocycles. The maximum Gasteiger partial charge on any atom is 0.226 e. The Hall–Kier alpha value is -2.10. The molecule has 2 unspecified atom stereocenters. The van der Waals surface area contributed by atoms with E-state index in [2.05, 4.69) is 0 Å². The molecule has 204 valence electrons. The molecule has 4 fully saturated rings. The van der Waals surface area contributed by atoms with Crippen LogP contribution in [-0.2, 0) is 14.4 Å². The predicted molar refractivity (Wildman–Crippen MR) is 138 cm³/mol. The molecule has 6 rings (SSSR count). The van der Waals surface area contributed by atoms with Crippen LogP contribution in [-0.4, -0.2) is 52.1 Å². The van der Waals surface area contributed by atoms with Crippen molar-refractivity contribution in [3.05, 3.63) is 53.6 Å². The normalized spacial score (nSPS) is 45.2. The Bertz CT molecular complexity index is 1250. The minimum absolute atomic E-state index is 0.0603. The Morgan fingerprint density at radius 3 is 2.61 bits per heavy atom. The molecular weight excluding hydrogens is 515 g/mol. The van der Waals surface area contributed by atoms with Gasteiger partial charge in [0.1, 0.15) is 12.2 Å². The second-order valence-corrected chi connectivity index (χ2v) is 12.9. The number of anilines is 1. The number of aliphatic hydroxyl groups excluding tert-OH is 1. The molecule has 1 aromatic carbocycles. The van der Waals surface area contributed by atoms with Gasteiger partial charge in [-0.3, -0.25) is 19.5 Å². The molecule has 1 N–H and O–H groups in total. The van der Waals surface area contributed by atoms with Gasteiger partial charge in [0.05, 0.1) is 18.3 Å². The zero-order valence-corrected chi connectivity index (χ0v) is 22.4. The molecule has 38 heavy (non-hydrogen) atoms. The topological polar surface area (TPSA) is 66.8 Å². The Labute approximate surface area is 224 Å². The van der Waals surface area contributed by atoms with E-state index in [9.17, 15) is 19.1 Å². The number of hydrogen-bond acceptors (Lipinski definition) is 6. The van der Waals surface area contributed by atoms with Crippen molar-refractivity contribution in [1.29, 1.82) is 0 Å². The maximum atomic E-state index is 17.4. The number of aliphatic hydroxyl groups is 1. The van der Waals surface area contributed by atoms with Gasteiger partial charge in [-0.05, 0) is 68.9 Å². The van der Waals surface area contributed by atoms with Gasteiger partial charge in [-0.2, -0.15) is 0 Å². The lowest BCUT2D eigenvalue weighted by Crippen LogP contribution is -2.70. The molecule has 0 aromatic heterocycles. The Morgan fingerprint density at radius 1 is 1.21 bits per heavy atom. The fraction of sp³-hybridized carbons (Fsp3) is 0.586. The molecule has 0 radical (unpaired) electrons. The van der Waals surface area contributed by atoms with Crippen molar-refractivity contribution in [3.8, 4) is 0 Å². The number of fused-ring (bicyclic) bond motifs is 7. The number of aryl methyl sites for hydroxylation is 1. The molecule has 1 aromatic rings. The fourth-order valence-corrected chi connectivity index (χ4v) is 9.36. The molecule has 1 heterocycles. The summed E-state index contributed by atoms with van der Waals surface area (Å²) >= 11 is 0.533. The number of halogens is 3. The first-order chi connectivity index (χ1) is 17.9. The number of hydrogen-bond donors (Lipinski definition) is 1. The predicted octanol–water partition coefficient (Wildman–Crippen LogP) is 5.22. The second-order valence-electron chi connectivity index (χ2n) is 12.1.